The summed E-state index contributed by atoms with van der Waals surface area (Å²) in [6, 6.07) is -1.43. The van der Waals surface area contributed by atoms with Crippen LogP contribution in [0, 0.1) is 0 Å². The van der Waals surface area contributed by atoms with E-state index in [-0.39, 0.29) is 12.8 Å². The Bertz CT molecular complexity index is 2390. The van der Waals surface area contributed by atoms with Crippen molar-refractivity contribution in [2.24, 2.45) is 0 Å². The molecule has 1 amide bonds. The van der Waals surface area contributed by atoms with Crippen LogP contribution < -0.4 is 5.32 Å². The molecule has 6 fully saturated rings. The summed E-state index contributed by atoms with van der Waals surface area (Å²) in [5.41, 5.74) is 0. The van der Waals surface area contributed by atoms with Gasteiger partial charge < -0.3 is 169 Å². The molecule has 0 aromatic carbocycles. The number of amides is 1. The van der Waals surface area contributed by atoms with Gasteiger partial charge in [-0.3, -0.25) is 4.79 Å². The van der Waals surface area contributed by atoms with E-state index in [2.05, 4.69) is 19.2 Å². The van der Waals surface area contributed by atoms with Gasteiger partial charge in [0.2, 0.25) is 5.91 Å². The molecule has 35 nitrogen and oxygen atoms in total. The topological polar surface area (TPSA) is 565 Å². The zero-order valence-electron chi connectivity index (χ0n) is 64.3. The van der Waals surface area contributed by atoms with Crippen molar-refractivity contribution < 1.29 is 169 Å². The first-order chi connectivity index (χ1) is 52.9. The highest BCUT2D eigenvalue weighted by molar-refractivity contribution is 5.80. The zero-order chi connectivity index (χ0) is 80.4. The molecule has 33 unspecified atom stereocenters. The van der Waals surface area contributed by atoms with Gasteiger partial charge in [-0.2, -0.15) is 0 Å². The molecule has 6 heterocycles. The Morgan fingerprint density at radius 3 is 1.25 bits per heavy atom. The van der Waals surface area contributed by atoms with Gasteiger partial charge in [0.05, 0.1) is 58.4 Å². The molecule has 0 aromatic rings. The van der Waals surface area contributed by atoms with Crippen molar-refractivity contribution >= 4 is 5.91 Å². The number of rotatable bonds is 57. The molecule has 6 aliphatic heterocycles. The molecule has 22 N–H and O–H groups in total. The third kappa shape index (κ3) is 29.6. The largest absolute Gasteiger partial charge is 0.394 e. The lowest BCUT2D eigenvalue weighted by molar-refractivity contribution is -0.374. The van der Waals surface area contributed by atoms with Gasteiger partial charge in [-0.05, 0) is 12.8 Å². The smallest absolute Gasteiger partial charge is 0.249 e. The predicted molar refractivity (Wildman–Crippen MR) is 386 cm³/mol. The minimum Gasteiger partial charge on any atom is -0.394 e. The second-order valence-corrected chi connectivity index (χ2v) is 30.8. The van der Waals surface area contributed by atoms with Crippen molar-refractivity contribution in [1.29, 1.82) is 0 Å². The minimum absolute atomic E-state index is 0.109. The van der Waals surface area contributed by atoms with E-state index in [9.17, 15) is 112 Å². The summed E-state index contributed by atoms with van der Waals surface area (Å²) in [5.74, 6) is -0.858. The molecule has 0 spiro atoms. The Morgan fingerprint density at radius 1 is 0.373 bits per heavy atom. The number of carbonyl (C=O) groups excluding carboxylic acids is 1. The van der Waals surface area contributed by atoms with Crippen LogP contribution >= 0.6 is 0 Å². The number of nitrogens with one attached hydrogen (secondary N) is 1. The third-order valence-corrected chi connectivity index (χ3v) is 22.0. The van der Waals surface area contributed by atoms with Crippen LogP contribution in [0.15, 0.2) is 0 Å². The molecule has 0 bridgehead atoms. The summed E-state index contributed by atoms with van der Waals surface area (Å²) in [4.78, 5) is 13.7. The van der Waals surface area contributed by atoms with Crippen molar-refractivity contribution in [2.45, 2.75) is 422 Å². The van der Waals surface area contributed by atoms with E-state index in [0.717, 1.165) is 70.6 Å². The maximum atomic E-state index is 13.7. The quantitative estimate of drug-likeness (QED) is 0.0284. The van der Waals surface area contributed by atoms with E-state index in [0.29, 0.717) is 12.8 Å². The molecular weight excluding hydrogens is 1460 g/mol. The van der Waals surface area contributed by atoms with Crippen LogP contribution in [-0.2, 0) is 61.6 Å². The number of aliphatic hydroxyl groups is 21. The number of carbonyl (C=O) groups is 1. The van der Waals surface area contributed by atoms with Crippen LogP contribution in [-0.4, -0.2) is 362 Å². The summed E-state index contributed by atoms with van der Waals surface area (Å²) >= 11 is 0. The monoisotopic (exact) mass is 1600 g/mol. The Hall–Kier alpha value is -1.85. The lowest BCUT2D eigenvalue weighted by Gasteiger charge is -2.46. The van der Waals surface area contributed by atoms with Gasteiger partial charge >= 0.3 is 0 Å². The van der Waals surface area contributed by atoms with Crippen molar-refractivity contribution in [3.05, 3.63) is 0 Å². The highest BCUT2D eigenvalue weighted by atomic mass is 16.8. The summed E-state index contributed by atoms with van der Waals surface area (Å²) in [7, 11) is 0. The van der Waals surface area contributed by atoms with E-state index >= 15 is 0 Å². The molecule has 6 aliphatic rings. The molecule has 0 aliphatic carbocycles. The maximum Gasteiger partial charge on any atom is 0.249 e. The Morgan fingerprint density at radius 2 is 0.773 bits per heavy atom. The summed E-state index contributed by atoms with van der Waals surface area (Å²) < 4.78 is 70.6. The first-order valence-electron chi connectivity index (χ1n) is 40.9. The van der Waals surface area contributed by atoms with Gasteiger partial charge in [0, 0.05) is 0 Å². The van der Waals surface area contributed by atoms with Crippen molar-refractivity contribution in [1.82, 2.24) is 5.32 Å². The third-order valence-electron chi connectivity index (χ3n) is 22.0. The van der Waals surface area contributed by atoms with Gasteiger partial charge in [0.1, 0.15) is 153 Å². The van der Waals surface area contributed by atoms with Gasteiger partial charge in [-0.15, -0.1) is 0 Å². The molecule has 6 saturated heterocycles. The van der Waals surface area contributed by atoms with E-state index in [4.69, 9.17) is 56.8 Å². The summed E-state index contributed by atoms with van der Waals surface area (Å²) in [6.07, 6.45) is -26.9. The molecule has 648 valence electrons. The fourth-order valence-electron chi connectivity index (χ4n) is 15.0. The molecule has 110 heavy (non-hydrogen) atoms. The lowest BCUT2D eigenvalue weighted by Crippen LogP contribution is -2.64. The number of ether oxygens (including phenoxy) is 12. The lowest BCUT2D eigenvalue weighted by atomic mass is 9.98. The fraction of sp³-hybridized carbons (Fsp3) is 0.987. The standard InChI is InChI=1S/C75H139NO34/c1-3-5-7-9-11-13-15-16-17-18-19-20-21-22-23-24-26-28-30-32-34-44(82)69(98)76-42(51(87)43(81)33-31-29-27-25-14-12-10-8-6-4-2)39-99-70-58(94)55(91)53(89)50(103-70)41-101-74-66(52(88)48(86)40-100-74)108-73-61(97)65(54(90)49(38-80)102-73)107-75-68(110-72-60(96)57(93)63(105-72)46(84)36-78)67(64(106-75)47(85)37-79)109-71-59(95)56(92)62(104-71)45(83)35-77/h42-68,70-75,77-97H,3-41H2,1-2H3,(H,76,98). The van der Waals surface area contributed by atoms with Crippen LogP contribution in [0.3, 0.4) is 0 Å². The van der Waals surface area contributed by atoms with E-state index in [1.807, 2.05) is 0 Å². The van der Waals surface area contributed by atoms with Crippen LogP contribution in [0.25, 0.3) is 0 Å². The average Bonchev–Trinajstić information content (AvgIpc) is 1.54. The summed E-state index contributed by atoms with van der Waals surface area (Å²) in [6.45, 7) is -1.87. The van der Waals surface area contributed by atoms with Gasteiger partial charge in [-0.1, -0.05) is 206 Å². The Kier molecular flexibility index (Phi) is 46.0. The maximum absolute atomic E-state index is 13.7. The predicted octanol–water partition coefficient (Wildman–Crippen LogP) is -2.35. The average molecular weight is 1600 g/mol. The van der Waals surface area contributed by atoms with Gasteiger partial charge in [0.15, 0.2) is 37.7 Å². The van der Waals surface area contributed by atoms with E-state index in [1.165, 1.54) is 109 Å². The molecule has 0 radical (unpaired) electrons. The second kappa shape index (κ2) is 52.2. The molecule has 33 atom stereocenters. The highest BCUT2D eigenvalue weighted by Crippen LogP contribution is 2.40. The van der Waals surface area contributed by atoms with Crippen LogP contribution in [0.5, 0.6) is 0 Å². The van der Waals surface area contributed by atoms with E-state index < -0.39 is 255 Å². The Balaban J connectivity index is 1.08. The first kappa shape index (κ1) is 97.0. The minimum atomic E-state index is -2.30. The number of unbranched alkanes of at least 4 members (excludes halogenated alkanes) is 28. The number of aliphatic hydroxyl groups excluding tert-OH is 21. The van der Waals surface area contributed by atoms with Crippen LogP contribution in [0.2, 0.25) is 0 Å². The Labute approximate surface area is 645 Å². The van der Waals surface area contributed by atoms with Crippen molar-refractivity contribution in [2.75, 3.05) is 46.2 Å². The number of hydrogen-bond donors (Lipinski definition) is 22. The van der Waals surface area contributed by atoms with Crippen molar-refractivity contribution in [3.63, 3.8) is 0 Å². The zero-order valence-corrected chi connectivity index (χ0v) is 64.3. The molecule has 6 rings (SSSR count). The fourth-order valence-corrected chi connectivity index (χ4v) is 15.0. The van der Waals surface area contributed by atoms with E-state index in [1.54, 1.807) is 0 Å². The summed E-state index contributed by atoms with van der Waals surface area (Å²) in [5, 5.41) is 232. The van der Waals surface area contributed by atoms with Crippen LogP contribution in [0.1, 0.15) is 219 Å². The normalized spacial score (nSPS) is 36.2. The number of hydrogen-bond acceptors (Lipinski definition) is 34. The molecule has 0 saturated carbocycles. The van der Waals surface area contributed by atoms with Crippen LogP contribution in [0.4, 0.5) is 0 Å². The first-order valence-corrected chi connectivity index (χ1v) is 40.9. The highest BCUT2D eigenvalue weighted by Gasteiger charge is 2.60. The van der Waals surface area contributed by atoms with Crippen molar-refractivity contribution in [3.8, 4) is 0 Å². The molecular formula is C75H139NO34. The molecule has 0 aromatic heterocycles. The molecule has 35 heteroatoms. The SMILES string of the molecule is CCCCCCCCCCCCCCCCCCCCCCC(O)C(=O)NC(COC1OC(COC2OCC(O)C(O)C2OC2OC(CO)C(O)C(OC3OC(C(O)CO)C(OC4OC(C(O)CO)C(O)C4O)C3OC3OC(C(O)CO)C(O)C3O)C2O)C(O)C(O)C1O)C(O)C(O)CCCCCCCCCCCC. The van der Waals surface area contributed by atoms with Gasteiger partial charge in [-0.25, -0.2) is 0 Å². The van der Waals surface area contributed by atoms with Gasteiger partial charge in [0.25, 0.3) is 0 Å². The second-order valence-electron chi connectivity index (χ2n) is 30.8.